The van der Waals surface area contributed by atoms with Crippen molar-refractivity contribution in [1.29, 1.82) is 0 Å². The Balaban J connectivity index is 1.91. The number of ketones is 1. The predicted molar refractivity (Wildman–Crippen MR) is 182 cm³/mol. The summed E-state index contributed by atoms with van der Waals surface area (Å²) in [5.74, 6) is 0.154. The van der Waals surface area contributed by atoms with Crippen LogP contribution in [0.1, 0.15) is 88.5 Å². The number of hydrogen-bond donors (Lipinski definition) is 0. The highest BCUT2D eigenvalue weighted by Gasteiger charge is 2.32. The summed E-state index contributed by atoms with van der Waals surface area (Å²) >= 11 is 0. The first-order valence-electron chi connectivity index (χ1n) is 15.0. The average molecular weight is 549 g/mol. The van der Waals surface area contributed by atoms with E-state index in [1.165, 1.54) is 47.1 Å². The van der Waals surface area contributed by atoms with E-state index in [-0.39, 0.29) is 11.2 Å². The number of carbonyl (C=O) groups excluding carboxylic acids is 1. The summed E-state index contributed by atoms with van der Waals surface area (Å²) in [5.41, 5.74) is 9.85. The van der Waals surface area contributed by atoms with Crippen LogP contribution in [0, 0.1) is 10.8 Å². The van der Waals surface area contributed by atoms with Crippen LogP contribution in [-0.2, 0) is 4.79 Å². The standard InChI is InChI=1S/C40H52O/c1-30(18-13-20-32(3)23-26-36-34(5)22-15-29-39(36,7)8)16-11-12-17-31(2)19-14-21-33(4)24-27-37-35(6)25-28-38(41)40(37,9)10/h11-14,16-21,23-28H,15,22,29H2,1-10H3. The molecule has 0 saturated carbocycles. The lowest BCUT2D eigenvalue weighted by Crippen LogP contribution is -2.27. The summed E-state index contributed by atoms with van der Waals surface area (Å²) in [5, 5.41) is 0. The third-order valence-electron chi connectivity index (χ3n) is 8.03. The third kappa shape index (κ3) is 10.8. The van der Waals surface area contributed by atoms with Crippen molar-refractivity contribution in [3.63, 3.8) is 0 Å². The molecule has 0 heterocycles. The van der Waals surface area contributed by atoms with Gasteiger partial charge in [-0.1, -0.05) is 133 Å². The monoisotopic (exact) mass is 548 g/mol. The largest absolute Gasteiger partial charge is 0.294 e. The molecule has 0 aromatic rings. The summed E-state index contributed by atoms with van der Waals surface area (Å²) in [4.78, 5) is 12.3. The van der Waals surface area contributed by atoms with E-state index in [4.69, 9.17) is 0 Å². The summed E-state index contributed by atoms with van der Waals surface area (Å²) in [7, 11) is 0. The molecule has 1 nitrogen and oxygen atoms in total. The molecule has 0 fully saturated rings. The number of hydrogen-bond acceptors (Lipinski definition) is 1. The lowest BCUT2D eigenvalue weighted by atomic mass is 9.72. The number of rotatable bonds is 10. The molecule has 0 bridgehead atoms. The highest BCUT2D eigenvalue weighted by Crippen LogP contribution is 2.40. The minimum Gasteiger partial charge on any atom is -0.294 e. The molecular formula is C40H52O. The molecule has 0 aromatic heterocycles. The first-order chi connectivity index (χ1) is 19.2. The fourth-order valence-electron chi connectivity index (χ4n) is 5.24. The van der Waals surface area contributed by atoms with Gasteiger partial charge in [-0.05, 0) is 103 Å². The highest BCUT2D eigenvalue weighted by atomic mass is 16.1. The second-order valence-corrected chi connectivity index (χ2v) is 12.8. The van der Waals surface area contributed by atoms with Crippen LogP contribution >= 0.6 is 0 Å². The Morgan fingerprint density at radius 3 is 1.63 bits per heavy atom. The molecule has 0 atom stereocenters. The van der Waals surface area contributed by atoms with Gasteiger partial charge in [-0.2, -0.15) is 0 Å². The van der Waals surface area contributed by atoms with Crippen molar-refractivity contribution >= 4 is 5.78 Å². The van der Waals surface area contributed by atoms with E-state index in [0.717, 1.165) is 16.7 Å². The second-order valence-electron chi connectivity index (χ2n) is 12.8. The molecule has 218 valence electrons. The Morgan fingerprint density at radius 1 is 0.659 bits per heavy atom. The van der Waals surface area contributed by atoms with Crippen molar-refractivity contribution in [3.05, 3.63) is 142 Å². The zero-order valence-corrected chi connectivity index (χ0v) is 27.3. The molecule has 0 aliphatic heterocycles. The van der Waals surface area contributed by atoms with Gasteiger partial charge in [-0.15, -0.1) is 0 Å². The Hall–Kier alpha value is -3.45. The molecule has 0 radical (unpaired) electrons. The van der Waals surface area contributed by atoms with Crippen LogP contribution in [0.5, 0.6) is 0 Å². The topological polar surface area (TPSA) is 17.1 Å². The van der Waals surface area contributed by atoms with Crippen LogP contribution in [0.25, 0.3) is 0 Å². The molecule has 2 aliphatic rings. The fraction of sp³-hybridized carbons (Fsp3) is 0.375. The van der Waals surface area contributed by atoms with E-state index < -0.39 is 5.41 Å². The molecule has 1 heteroatoms. The Labute approximate surface area is 251 Å². The molecule has 0 amide bonds. The molecule has 41 heavy (non-hydrogen) atoms. The van der Waals surface area contributed by atoms with Crippen LogP contribution < -0.4 is 0 Å². The normalized spacial score (nSPS) is 21.4. The molecule has 0 spiro atoms. The molecule has 2 rings (SSSR count). The van der Waals surface area contributed by atoms with Crippen LogP contribution in [0.15, 0.2) is 142 Å². The zero-order valence-electron chi connectivity index (χ0n) is 27.3. The number of allylic oxidation sites excluding steroid dienone is 24. The summed E-state index contributed by atoms with van der Waals surface area (Å²) < 4.78 is 0. The van der Waals surface area contributed by atoms with Crippen molar-refractivity contribution in [1.82, 2.24) is 0 Å². The van der Waals surface area contributed by atoms with Crippen molar-refractivity contribution in [2.24, 2.45) is 10.8 Å². The van der Waals surface area contributed by atoms with Gasteiger partial charge in [-0.25, -0.2) is 0 Å². The van der Waals surface area contributed by atoms with E-state index in [1.807, 2.05) is 19.9 Å². The van der Waals surface area contributed by atoms with Crippen LogP contribution in [0.4, 0.5) is 0 Å². The van der Waals surface area contributed by atoms with Gasteiger partial charge in [-0.3, -0.25) is 4.79 Å². The SMILES string of the molecule is CC(C=CC=C(C)C=CC1=C(C)CCCC1(C)C)=CC=CC=C(C)C=CC=C(C)C=CC1=C(C)C=CC(=O)C1(C)C. The first-order valence-corrected chi connectivity index (χ1v) is 15.0. The molecule has 2 aliphatic carbocycles. The molecular weight excluding hydrogens is 496 g/mol. The average Bonchev–Trinajstić information content (AvgIpc) is 2.88. The first kappa shape index (κ1) is 33.8. The highest BCUT2D eigenvalue weighted by molar-refractivity contribution is 5.99. The minimum atomic E-state index is -0.476. The van der Waals surface area contributed by atoms with Gasteiger partial charge < -0.3 is 0 Å². The Kier molecular flexibility index (Phi) is 12.8. The molecule has 0 N–H and O–H groups in total. The molecule has 0 aromatic carbocycles. The van der Waals surface area contributed by atoms with Gasteiger partial charge >= 0.3 is 0 Å². The van der Waals surface area contributed by atoms with Crippen molar-refractivity contribution in [3.8, 4) is 0 Å². The van der Waals surface area contributed by atoms with Gasteiger partial charge in [0.05, 0.1) is 5.41 Å². The van der Waals surface area contributed by atoms with Gasteiger partial charge in [0.1, 0.15) is 0 Å². The van der Waals surface area contributed by atoms with Crippen molar-refractivity contribution < 1.29 is 4.79 Å². The van der Waals surface area contributed by atoms with E-state index >= 15 is 0 Å². The van der Waals surface area contributed by atoms with Crippen LogP contribution in [0.2, 0.25) is 0 Å². The lowest BCUT2D eigenvalue weighted by Gasteiger charge is -2.32. The summed E-state index contributed by atoms with van der Waals surface area (Å²) in [6.07, 6.45) is 37.2. The third-order valence-corrected chi connectivity index (χ3v) is 8.03. The molecule has 0 saturated heterocycles. The van der Waals surface area contributed by atoms with Gasteiger partial charge in [0, 0.05) is 0 Å². The molecule has 0 unspecified atom stereocenters. The van der Waals surface area contributed by atoms with Gasteiger partial charge in [0.15, 0.2) is 5.78 Å². The van der Waals surface area contributed by atoms with Crippen LogP contribution in [0.3, 0.4) is 0 Å². The Morgan fingerprint density at radius 2 is 1.12 bits per heavy atom. The minimum absolute atomic E-state index is 0.154. The maximum absolute atomic E-state index is 12.3. The van der Waals surface area contributed by atoms with Crippen molar-refractivity contribution in [2.75, 3.05) is 0 Å². The predicted octanol–water partition coefficient (Wildman–Crippen LogP) is 11.6. The van der Waals surface area contributed by atoms with Crippen molar-refractivity contribution in [2.45, 2.75) is 88.5 Å². The van der Waals surface area contributed by atoms with E-state index in [2.05, 4.69) is 140 Å². The second kappa shape index (κ2) is 15.5. The fourth-order valence-corrected chi connectivity index (χ4v) is 5.24. The summed E-state index contributed by atoms with van der Waals surface area (Å²) in [6.45, 7) is 21.5. The van der Waals surface area contributed by atoms with E-state index in [0.29, 0.717) is 0 Å². The van der Waals surface area contributed by atoms with Gasteiger partial charge in [0.25, 0.3) is 0 Å². The quantitative estimate of drug-likeness (QED) is 0.248. The summed E-state index contributed by atoms with van der Waals surface area (Å²) in [6, 6.07) is 0. The van der Waals surface area contributed by atoms with E-state index in [9.17, 15) is 4.79 Å². The Bertz CT molecular complexity index is 1340. The number of carbonyl (C=O) groups is 1. The maximum Gasteiger partial charge on any atom is 0.165 e. The van der Waals surface area contributed by atoms with E-state index in [1.54, 1.807) is 6.08 Å². The maximum atomic E-state index is 12.3. The lowest BCUT2D eigenvalue weighted by molar-refractivity contribution is -0.120. The van der Waals surface area contributed by atoms with Gasteiger partial charge in [0.2, 0.25) is 0 Å². The van der Waals surface area contributed by atoms with Crippen LogP contribution in [-0.4, -0.2) is 5.78 Å². The smallest absolute Gasteiger partial charge is 0.165 e. The zero-order chi connectivity index (χ0) is 30.6.